The van der Waals surface area contributed by atoms with Crippen molar-refractivity contribution in [2.45, 2.75) is 13.8 Å². The first-order valence-corrected chi connectivity index (χ1v) is 7.01. The Hall–Kier alpha value is -2.28. The molecule has 0 radical (unpaired) electrons. The van der Waals surface area contributed by atoms with E-state index >= 15 is 0 Å². The summed E-state index contributed by atoms with van der Waals surface area (Å²) in [6, 6.07) is 5.36. The molecule has 0 atom stereocenters. The van der Waals surface area contributed by atoms with Crippen LogP contribution in [0.1, 0.15) is 23.5 Å². The molecule has 1 heterocycles. The van der Waals surface area contributed by atoms with Gasteiger partial charge in [-0.25, -0.2) is 14.2 Å². The molecule has 5 nitrogen and oxygen atoms in total. The number of aromatic nitrogens is 1. The molecule has 7 heteroatoms. The number of halogens is 1. The van der Waals surface area contributed by atoms with Crippen LogP contribution in [0.5, 0.6) is 0 Å². The summed E-state index contributed by atoms with van der Waals surface area (Å²) in [5.74, 6) is -2.04. The molecule has 2 aromatic rings. The molecule has 0 spiro atoms. The lowest BCUT2D eigenvalue weighted by Gasteiger charge is -2.03. The number of carboxylic acid groups (broad SMARTS) is 1. The molecule has 2 N–H and O–H groups in total. The van der Waals surface area contributed by atoms with Gasteiger partial charge in [-0.15, -0.1) is 0 Å². The zero-order chi connectivity index (χ0) is 15.6. The molecule has 110 valence electrons. The third-order valence-electron chi connectivity index (χ3n) is 2.69. The van der Waals surface area contributed by atoms with Gasteiger partial charge in [0.1, 0.15) is 10.7 Å². The molecule has 1 aromatic carbocycles. The zero-order valence-electron chi connectivity index (χ0n) is 11.4. The van der Waals surface area contributed by atoms with Crippen LogP contribution in [-0.2, 0) is 4.79 Å². The minimum absolute atomic E-state index is 0.000615. The molecule has 0 fully saturated rings. The lowest BCUT2D eigenvalue weighted by atomic mass is 10.1. The van der Waals surface area contributed by atoms with E-state index in [-0.39, 0.29) is 27.5 Å². The molecule has 1 amide bonds. The number of benzene rings is 1. The normalized spacial score (nSPS) is 10.7. The van der Waals surface area contributed by atoms with E-state index in [2.05, 4.69) is 10.3 Å². The number of nitrogens with zero attached hydrogens (tertiary/aromatic N) is 1. The van der Waals surface area contributed by atoms with Gasteiger partial charge in [0.15, 0.2) is 5.13 Å². The first kappa shape index (κ1) is 15.1. The Balaban J connectivity index is 2.40. The van der Waals surface area contributed by atoms with Gasteiger partial charge in [0.2, 0.25) is 5.91 Å². The van der Waals surface area contributed by atoms with E-state index in [4.69, 9.17) is 0 Å². The Morgan fingerprint density at radius 3 is 2.43 bits per heavy atom. The van der Waals surface area contributed by atoms with E-state index in [1.165, 1.54) is 24.3 Å². The molecule has 0 saturated heterocycles. The van der Waals surface area contributed by atoms with Crippen molar-refractivity contribution in [1.82, 2.24) is 4.98 Å². The van der Waals surface area contributed by atoms with Crippen LogP contribution in [0.2, 0.25) is 0 Å². The summed E-state index contributed by atoms with van der Waals surface area (Å²) in [6.07, 6.45) is 0. The topological polar surface area (TPSA) is 79.3 Å². The van der Waals surface area contributed by atoms with Gasteiger partial charge in [-0.05, 0) is 24.3 Å². The molecular weight excluding hydrogens is 295 g/mol. The van der Waals surface area contributed by atoms with E-state index in [0.717, 1.165) is 11.3 Å². The Kier molecular flexibility index (Phi) is 4.32. The monoisotopic (exact) mass is 308 g/mol. The summed E-state index contributed by atoms with van der Waals surface area (Å²) in [6.45, 7) is 3.45. The van der Waals surface area contributed by atoms with Crippen molar-refractivity contribution >= 4 is 28.3 Å². The highest BCUT2D eigenvalue weighted by Gasteiger charge is 2.20. The van der Waals surface area contributed by atoms with Crippen molar-refractivity contribution in [1.29, 1.82) is 0 Å². The van der Waals surface area contributed by atoms with Gasteiger partial charge >= 0.3 is 5.97 Å². The van der Waals surface area contributed by atoms with Crippen molar-refractivity contribution < 1.29 is 19.1 Å². The second-order valence-electron chi connectivity index (χ2n) is 4.65. The third kappa shape index (κ3) is 3.43. The van der Waals surface area contributed by atoms with Crippen LogP contribution in [0.3, 0.4) is 0 Å². The summed E-state index contributed by atoms with van der Waals surface area (Å²) >= 11 is 0.876. The molecule has 1 aromatic heterocycles. The molecule has 2 rings (SSSR count). The second-order valence-corrected chi connectivity index (χ2v) is 5.65. The van der Waals surface area contributed by atoms with Gasteiger partial charge in [0.25, 0.3) is 0 Å². The Morgan fingerprint density at radius 2 is 1.90 bits per heavy atom. The fourth-order valence-corrected chi connectivity index (χ4v) is 2.40. The lowest BCUT2D eigenvalue weighted by Crippen LogP contribution is -2.17. The fraction of sp³-hybridized carbons (Fsp3) is 0.214. The molecular formula is C14H13FN2O3S. The molecule has 0 saturated carbocycles. The van der Waals surface area contributed by atoms with E-state index in [9.17, 15) is 19.1 Å². The fourth-order valence-electron chi connectivity index (χ4n) is 1.57. The van der Waals surface area contributed by atoms with E-state index in [0.29, 0.717) is 5.56 Å². The maximum atomic E-state index is 12.9. The third-order valence-corrected chi connectivity index (χ3v) is 3.65. The van der Waals surface area contributed by atoms with Gasteiger partial charge in [-0.1, -0.05) is 25.2 Å². The number of rotatable bonds is 4. The number of hydrogen-bond donors (Lipinski definition) is 2. The summed E-state index contributed by atoms with van der Waals surface area (Å²) in [4.78, 5) is 27.1. The average Bonchev–Trinajstić information content (AvgIpc) is 2.83. The van der Waals surface area contributed by atoms with E-state index in [1.54, 1.807) is 13.8 Å². The molecule has 0 aliphatic heterocycles. The smallest absolute Gasteiger partial charge is 0.348 e. The van der Waals surface area contributed by atoms with Gasteiger partial charge in [0.05, 0.1) is 5.69 Å². The Labute approximate surface area is 124 Å². The molecule has 0 aliphatic carbocycles. The molecule has 0 unspecified atom stereocenters. The van der Waals surface area contributed by atoms with Gasteiger partial charge in [-0.3, -0.25) is 4.79 Å². The number of nitrogens with one attached hydrogen (secondary N) is 1. The minimum atomic E-state index is -1.14. The number of thiazole rings is 1. The number of anilines is 1. The molecule has 0 aliphatic rings. The first-order valence-electron chi connectivity index (χ1n) is 6.19. The zero-order valence-corrected chi connectivity index (χ0v) is 12.2. The number of carbonyl (C=O) groups excluding carboxylic acids is 1. The SMILES string of the molecule is CC(C)C(=O)Nc1nc(-c2ccc(F)cc2)c(C(=O)O)s1. The summed E-state index contributed by atoms with van der Waals surface area (Å²) in [7, 11) is 0. The Bertz CT molecular complexity index is 680. The minimum Gasteiger partial charge on any atom is -0.477 e. The van der Waals surface area contributed by atoms with Crippen LogP contribution in [0.15, 0.2) is 24.3 Å². The number of carbonyl (C=O) groups is 2. The predicted molar refractivity (Wildman–Crippen MR) is 77.9 cm³/mol. The Morgan fingerprint density at radius 1 is 1.29 bits per heavy atom. The van der Waals surface area contributed by atoms with Crippen molar-refractivity contribution in [3.8, 4) is 11.3 Å². The van der Waals surface area contributed by atoms with Crippen LogP contribution >= 0.6 is 11.3 Å². The highest BCUT2D eigenvalue weighted by molar-refractivity contribution is 7.18. The van der Waals surface area contributed by atoms with Crippen molar-refractivity contribution in [2.75, 3.05) is 5.32 Å². The summed E-state index contributed by atoms with van der Waals surface area (Å²) in [5, 5.41) is 12.0. The number of carboxylic acids is 1. The van der Waals surface area contributed by atoms with Gasteiger partial charge in [-0.2, -0.15) is 0 Å². The highest BCUT2D eigenvalue weighted by Crippen LogP contribution is 2.31. The van der Waals surface area contributed by atoms with Crippen molar-refractivity contribution in [3.63, 3.8) is 0 Å². The maximum Gasteiger partial charge on any atom is 0.348 e. The van der Waals surface area contributed by atoms with Gasteiger partial charge in [0, 0.05) is 11.5 Å². The van der Waals surface area contributed by atoms with Crippen LogP contribution in [-0.4, -0.2) is 22.0 Å². The van der Waals surface area contributed by atoms with Crippen LogP contribution in [0.4, 0.5) is 9.52 Å². The van der Waals surface area contributed by atoms with Crippen molar-refractivity contribution in [2.24, 2.45) is 5.92 Å². The summed E-state index contributed by atoms with van der Waals surface area (Å²) in [5.41, 5.74) is 0.696. The highest BCUT2D eigenvalue weighted by atomic mass is 32.1. The maximum absolute atomic E-state index is 12.9. The van der Waals surface area contributed by atoms with E-state index < -0.39 is 11.8 Å². The largest absolute Gasteiger partial charge is 0.477 e. The standard InChI is InChI=1S/C14H13FN2O3S/c1-7(2)12(18)17-14-16-10(11(21-14)13(19)20)8-3-5-9(15)6-4-8/h3-7H,1-2H3,(H,19,20)(H,16,17,18). The van der Waals surface area contributed by atoms with Crippen LogP contribution in [0.25, 0.3) is 11.3 Å². The second kappa shape index (κ2) is 6.01. The van der Waals surface area contributed by atoms with Crippen molar-refractivity contribution in [3.05, 3.63) is 35.0 Å². The number of aromatic carboxylic acids is 1. The van der Waals surface area contributed by atoms with Crippen LogP contribution < -0.4 is 5.32 Å². The quantitative estimate of drug-likeness (QED) is 0.908. The molecule has 0 bridgehead atoms. The molecule has 21 heavy (non-hydrogen) atoms. The van der Waals surface area contributed by atoms with E-state index in [1.807, 2.05) is 0 Å². The van der Waals surface area contributed by atoms with Gasteiger partial charge < -0.3 is 10.4 Å². The predicted octanol–water partition coefficient (Wildman–Crippen LogP) is 3.24. The van der Waals surface area contributed by atoms with Crippen LogP contribution in [0, 0.1) is 11.7 Å². The number of hydrogen-bond acceptors (Lipinski definition) is 4. The lowest BCUT2D eigenvalue weighted by molar-refractivity contribution is -0.118. The summed E-state index contributed by atoms with van der Waals surface area (Å²) < 4.78 is 12.9. The first-order chi connectivity index (χ1) is 9.88. The number of amides is 1. The average molecular weight is 308 g/mol.